The van der Waals surface area contributed by atoms with Gasteiger partial charge in [-0.25, -0.2) is 0 Å². The molecule has 1 aromatic carbocycles. The second-order valence-corrected chi connectivity index (χ2v) is 6.04. The fraction of sp³-hybridized carbons (Fsp3) is 0.562. The van der Waals surface area contributed by atoms with Gasteiger partial charge in [0, 0.05) is 12.1 Å². The molecule has 0 aliphatic rings. The van der Waals surface area contributed by atoms with E-state index in [1.54, 1.807) is 6.07 Å². The summed E-state index contributed by atoms with van der Waals surface area (Å²) in [5.74, 6) is 6.97. The molecule has 0 bridgehead atoms. The van der Waals surface area contributed by atoms with Crippen molar-refractivity contribution in [2.75, 3.05) is 12.0 Å². The average Bonchev–Trinajstić information content (AvgIpc) is 2.37. The lowest BCUT2D eigenvalue weighted by molar-refractivity contribution is 0.0937. The van der Waals surface area contributed by atoms with Gasteiger partial charge in [0.1, 0.15) is 0 Å². The molecular weight excluding hydrogens is 250 g/mol. The lowest BCUT2D eigenvalue weighted by Crippen LogP contribution is -2.34. The molecule has 4 nitrogen and oxygen atoms in total. The average molecular weight is 277 g/mol. The van der Waals surface area contributed by atoms with Crippen LogP contribution in [0.1, 0.15) is 43.6 Å². The third kappa shape index (κ3) is 4.23. The van der Waals surface area contributed by atoms with E-state index in [0.29, 0.717) is 29.9 Å². The van der Waals surface area contributed by atoms with Crippen molar-refractivity contribution >= 4 is 11.6 Å². The minimum Gasteiger partial charge on any atom is -0.352 e. The van der Waals surface area contributed by atoms with Gasteiger partial charge < -0.3 is 10.7 Å². The molecule has 0 unspecified atom stereocenters. The van der Waals surface area contributed by atoms with Crippen LogP contribution < -0.4 is 16.6 Å². The fourth-order valence-electron chi connectivity index (χ4n) is 2.52. The first-order valence-electron chi connectivity index (χ1n) is 7.22. The molecule has 0 spiro atoms. The van der Waals surface area contributed by atoms with Gasteiger partial charge >= 0.3 is 0 Å². The number of nitrogens with one attached hydrogen (secondary N) is 2. The van der Waals surface area contributed by atoms with E-state index in [0.717, 1.165) is 11.3 Å². The molecule has 0 aromatic heterocycles. The van der Waals surface area contributed by atoms with Gasteiger partial charge in [-0.3, -0.25) is 10.6 Å². The van der Waals surface area contributed by atoms with Crippen LogP contribution in [-0.4, -0.2) is 12.5 Å². The highest BCUT2D eigenvalue weighted by Crippen LogP contribution is 2.20. The molecule has 0 radical (unpaired) electrons. The number of anilines is 1. The number of aryl methyl sites for hydroxylation is 1. The van der Waals surface area contributed by atoms with Crippen molar-refractivity contribution in [3.8, 4) is 0 Å². The van der Waals surface area contributed by atoms with Crippen LogP contribution in [0.5, 0.6) is 0 Å². The molecule has 20 heavy (non-hydrogen) atoms. The van der Waals surface area contributed by atoms with Crippen LogP contribution in [0, 0.1) is 24.7 Å². The lowest BCUT2D eigenvalue weighted by Gasteiger charge is -2.25. The zero-order chi connectivity index (χ0) is 15.3. The van der Waals surface area contributed by atoms with E-state index in [2.05, 4.69) is 38.4 Å². The molecule has 0 aliphatic carbocycles. The van der Waals surface area contributed by atoms with Crippen LogP contribution in [0.4, 0.5) is 5.69 Å². The minimum absolute atomic E-state index is 0.0250. The summed E-state index contributed by atoms with van der Waals surface area (Å²) in [6.07, 6.45) is 0. The zero-order valence-corrected chi connectivity index (χ0v) is 13.2. The van der Waals surface area contributed by atoms with Crippen molar-refractivity contribution in [3.05, 3.63) is 29.3 Å². The van der Waals surface area contributed by atoms with Gasteiger partial charge in [-0.1, -0.05) is 27.7 Å². The number of hydrogen-bond donors (Lipinski definition) is 3. The first-order chi connectivity index (χ1) is 9.36. The fourth-order valence-corrected chi connectivity index (χ4v) is 2.52. The molecule has 0 saturated heterocycles. The second-order valence-electron chi connectivity index (χ2n) is 6.04. The third-order valence-electron chi connectivity index (χ3n) is 3.86. The Bertz CT molecular complexity index is 447. The molecule has 0 heterocycles. The van der Waals surface area contributed by atoms with Crippen LogP contribution in [-0.2, 0) is 0 Å². The number of hydrazine groups is 1. The highest BCUT2D eigenvalue weighted by molar-refractivity contribution is 5.94. The van der Waals surface area contributed by atoms with E-state index in [1.165, 1.54) is 0 Å². The molecule has 0 aliphatic heterocycles. The summed E-state index contributed by atoms with van der Waals surface area (Å²) in [5.41, 5.74) is 5.08. The summed E-state index contributed by atoms with van der Waals surface area (Å²) >= 11 is 0. The van der Waals surface area contributed by atoms with Gasteiger partial charge in [-0.2, -0.15) is 0 Å². The molecule has 1 rings (SSSR count). The van der Waals surface area contributed by atoms with E-state index in [9.17, 15) is 4.79 Å². The van der Waals surface area contributed by atoms with E-state index >= 15 is 0 Å². The maximum atomic E-state index is 12.2. The molecule has 0 atom stereocenters. The number of carbonyl (C=O) groups excluding carboxylic acids is 1. The second kappa shape index (κ2) is 7.29. The van der Waals surface area contributed by atoms with Gasteiger partial charge in [0.05, 0.1) is 5.69 Å². The number of amides is 1. The summed E-state index contributed by atoms with van der Waals surface area (Å²) in [7, 11) is 0. The molecule has 4 heteroatoms. The van der Waals surface area contributed by atoms with E-state index in [1.807, 2.05) is 19.1 Å². The Kier molecular flexibility index (Phi) is 6.02. The first-order valence-corrected chi connectivity index (χ1v) is 7.22. The summed E-state index contributed by atoms with van der Waals surface area (Å²) < 4.78 is 0. The lowest BCUT2D eigenvalue weighted by atomic mass is 9.85. The number of hydrogen-bond acceptors (Lipinski definition) is 3. The van der Waals surface area contributed by atoms with Crippen LogP contribution >= 0.6 is 0 Å². The first kappa shape index (κ1) is 16.5. The topological polar surface area (TPSA) is 67.2 Å². The van der Waals surface area contributed by atoms with Gasteiger partial charge in [-0.15, -0.1) is 0 Å². The standard InChI is InChI=1S/C16H27N3O/c1-10(2)14(11(3)4)9-18-16(20)13-6-7-15(19-17)12(5)8-13/h6-8,10-11,14,19H,9,17H2,1-5H3,(H,18,20). The molecule has 0 saturated carbocycles. The van der Waals surface area contributed by atoms with Crippen molar-refractivity contribution in [1.29, 1.82) is 0 Å². The summed E-state index contributed by atoms with van der Waals surface area (Å²) in [6, 6.07) is 5.47. The van der Waals surface area contributed by atoms with Gasteiger partial charge in [-0.05, 0) is 48.4 Å². The Balaban J connectivity index is 2.69. The van der Waals surface area contributed by atoms with Crippen molar-refractivity contribution in [2.24, 2.45) is 23.6 Å². The summed E-state index contributed by atoms with van der Waals surface area (Å²) in [6.45, 7) is 11.4. The number of nitrogen functional groups attached to an aromatic ring is 1. The molecule has 4 N–H and O–H groups in total. The third-order valence-corrected chi connectivity index (χ3v) is 3.86. The molecular formula is C16H27N3O. The number of benzene rings is 1. The Morgan fingerprint density at radius 3 is 2.25 bits per heavy atom. The highest BCUT2D eigenvalue weighted by Gasteiger charge is 2.18. The molecule has 112 valence electrons. The maximum absolute atomic E-state index is 12.2. The minimum atomic E-state index is -0.0250. The predicted molar refractivity (Wildman–Crippen MR) is 84.5 cm³/mol. The van der Waals surface area contributed by atoms with Crippen molar-refractivity contribution < 1.29 is 4.79 Å². The van der Waals surface area contributed by atoms with Crippen molar-refractivity contribution in [1.82, 2.24) is 5.32 Å². The molecule has 0 fully saturated rings. The van der Waals surface area contributed by atoms with E-state index in [4.69, 9.17) is 5.84 Å². The number of carbonyl (C=O) groups is 1. The summed E-state index contributed by atoms with van der Waals surface area (Å²) in [4.78, 5) is 12.2. The van der Waals surface area contributed by atoms with Crippen molar-refractivity contribution in [2.45, 2.75) is 34.6 Å². The molecule has 1 aromatic rings. The quantitative estimate of drug-likeness (QED) is 0.553. The Hall–Kier alpha value is -1.55. The maximum Gasteiger partial charge on any atom is 0.251 e. The Morgan fingerprint density at radius 2 is 1.80 bits per heavy atom. The predicted octanol–water partition coefficient (Wildman–Crippen LogP) is 2.94. The normalized spacial score (nSPS) is 11.2. The smallest absolute Gasteiger partial charge is 0.251 e. The summed E-state index contributed by atoms with van der Waals surface area (Å²) in [5, 5.41) is 3.04. The number of rotatable bonds is 6. The SMILES string of the molecule is Cc1cc(C(=O)NCC(C(C)C)C(C)C)ccc1NN. The van der Waals surface area contributed by atoms with Crippen LogP contribution in [0.2, 0.25) is 0 Å². The Morgan fingerprint density at radius 1 is 1.20 bits per heavy atom. The number of nitrogens with two attached hydrogens (primary N) is 1. The van der Waals surface area contributed by atoms with Gasteiger partial charge in [0.2, 0.25) is 0 Å². The zero-order valence-electron chi connectivity index (χ0n) is 13.2. The van der Waals surface area contributed by atoms with E-state index < -0.39 is 0 Å². The van der Waals surface area contributed by atoms with Crippen LogP contribution in [0.3, 0.4) is 0 Å². The van der Waals surface area contributed by atoms with Gasteiger partial charge in [0.15, 0.2) is 0 Å². The monoisotopic (exact) mass is 277 g/mol. The Labute approximate surface area is 122 Å². The molecule has 1 amide bonds. The van der Waals surface area contributed by atoms with Gasteiger partial charge in [0.25, 0.3) is 5.91 Å². The van der Waals surface area contributed by atoms with Crippen molar-refractivity contribution in [3.63, 3.8) is 0 Å². The van der Waals surface area contributed by atoms with Crippen LogP contribution in [0.25, 0.3) is 0 Å². The largest absolute Gasteiger partial charge is 0.352 e. The van der Waals surface area contributed by atoms with Crippen LogP contribution in [0.15, 0.2) is 18.2 Å². The van der Waals surface area contributed by atoms with E-state index in [-0.39, 0.29) is 5.91 Å². The highest BCUT2D eigenvalue weighted by atomic mass is 16.1.